The number of aliphatic hydroxyl groups excluding tert-OH is 1. The van der Waals surface area contributed by atoms with Crippen LogP contribution in [0, 0.1) is 23.6 Å². The number of amidine groups is 1. The molecule has 194 valence electrons. The molecule has 2 aromatic rings. The van der Waals surface area contributed by atoms with Gasteiger partial charge in [0.05, 0.1) is 0 Å². The van der Waals surface area contributed by atoms with E-state index in [1.165, 1.54) is 19.1 Å². The Kier molecular flexibility index (Phi) is 5.64. The first-order chi connectivity index (χ1) is 17.6. The van der Waals surface area contributed by atoms with Crippen molar-refractivity contribution in [2.75, 3.05) is 5.32 Å². The number of anilines is 1. The lowest BCUT2D eigenvalue weighted by molar-refractivity contribution is -0.134. The quantitative estimate of drug-likeness (QED) is 0.530. The maximum Gasteiger partial charge on any atom is 0.287 e. The topological polar surface area (TPSA) is 128 Å². The fraction of sp³-hybridized carbons (Fsp3) is 0.400. The minimum atomic E-state index is -4.21. The molecule has 9 nitrogen and oxygen atoms in total. The van der Waals surface area contributed by atoms with Crippen molar-refractivity contribution >= 4 is 44.0 Å². The van der Waals surface area contributed by atoms with Gasteiger partial charge in [-0.1, -0.05) is 12.1 Å². The number of nitrogens with zero attached hydrogens (tertiary/aromatic N) is 2. The number of thiophene rings is 1. The molecule has 2 saturated carbocycles. The van der Waals surface area contributed by atoms with Gasteiger partial charge >= 0.3 is 0 Å². The van der Waals surface area contributed by atoms with E-state index in [2.05, 4.69) is 15.0 Å². The van der Waals surface area contributed by atoms with Crippen LogP contribution in [-0.2, 0) is 32.7 Å². The van der Waals surface area contributed by atoms with Gasteiger partial charge in [-0.3, -0.25) is 9.59 Å². The van der Waals surface area contributed by atoms with Gasteiger partial charge in [-0.05, 0) is 54.2 Å². The summed E-state index contributed by atoms with van der Waals surface area (Å²) < 4.78 is 43.9. The van der Waals surface area contributed by atoms with E-state index < -0.39 is 15.9 Å². The molecular weight excluding hydrogens is 519 g/mol. The molecule has 12 heteroatoms. The lowest BCUT2D eigenvalue weighted by Crippen LogP contribution is -2.53. The zero-order chi connectivity index (χ0) is 26.1. The van der Waals surface area contributed by atoms with E-state index in [1.807, 2.05) is 0 Å². The second-order valence-corrected chi connectivity index (χ2v) is 12.5. The third kappa shape index (κ3) is 3.93. The summed E-state index contributed by atoms with van der Waals surface area (Å²) in [6.45, 7) is 1.58. The van der Waals surface area contributed by atoms with Gasteiger partial charge in [-0.25, -0.2) is 4.39 Å². The van der Waals surface area contributed by atoms with Crippen molar-refractivity contribution in [1.29, 1.82) is 0 Å². The predicted molar refractivity (Wildman–Crippen MR) is 135 cm³/mol. The zero-order valence-corrected chi connectivity index (χ0v) is 21.5. The minimum Gasteiger partial charge on any atom is -0.511 e. The van der Waals surface area contributed by atoms with Gasteiger partial charge in [0.2, 0.25) is 5.91 Å². The number of nitrogens with one attached hydrogen (secondary N) is 2. The maximum absolute atomic E-state index is 13.9. The predicted octanol–water partition coefficient (Wildman–Crippen LogP) is 3.31. The summed E-state index contributed by atoms with van der Waals surface area (Å²) in [4.78, 5) is 26.9. The van der Waals surface area contributed by atoms with Crippen LogP contribution in [0.25, 0.3) is 0 Å². The Bertz CT molecular complexity index is 1480. The highest BCUT2D eigenvalue weighted by Crippen LogP contribution is 2.55. The molecule has 1 aromatic heterocycles. The normalized spacial score (nSPS) is 27.5. The highest BCUT2D eigenvalue weighted by molar-refractivity contribution is 7.90. The summed E-state index contributed by atoms with van der Waals surface area (Å²) in [5, 5.41) is 18.9. The summed E-state index contributed by atoms with van der Waals surface area (Å²) in [6.07, 6.45) is 2.78. The molecule has 4 aliphatic rings. The molecule has 2 unspecified atom stereocenters. The smallest absolute Gasteiger partial charge is 0.287 e. The van der Waals surface area contributed by atoms with Crippen molar-refractivity contribution in [2.45, 2.75) is 50.2 Å². The molecule has 2 amide bonds. The number of halogens is 1. The first kappa shape index (κ1) is 24.1. The number of amides is 2. The second-order valence-electron chi connectivity index (χ2n) is 10.0. The first-order valence-electron chi connectivity index (χ1n) is 12.1. The number of benzene rings is 1. The SMILES string of the molecule is CC(=O)NCc1csc2c1S(=O)(=O)N=C(C1=C(O)C3C([C@@H]4CC[C@H]3C4)N(Cc3ccc(F)cc3)C1=O)N2. The van der Waals surface area contributed by atoms with Crippen molar-refractivity contribution in [2.24, 2.45) is 22.2 Å². The number of carbonyl (C=O) groups excluding carboxylic acids is 2. The average Bonchev–Trinajstić information content (AvgIpc) is 3.56. The van der Waals surface area contributed by atoms with E-state index in [0.29, 0.717) is 5.56 Å². The van der Waals surface area contributed by atoms with Crippen molar-refractivity contribution < 1.29 is 27.5 Å². The number of hydrogen-bond donors (Lipinski definition) is 3. The van der Waals surface area contributed by atoms with Crippen molar-refractivity contribution in [3.05, 3.63) is 57.9 Å². The first-order valence-corrected chi connectivity index (χ1v) is 14.4. The summed E-state index contributed by atoms with van der Waals surface area (Å²) in [5.74, 6) is -1.36. The van der Waals surface area contributed by atoms with E-state index in [9.17, 15) is 27.5 Å². The molecule has 1 aromatic carbocycles. The molecule has 37 heavy (non-hydrogen) atoms. The Labute approximate surface area is 217 Å². The zero-order valence-electron chi connectivity index (χ0n) is 19.9. The highest BCUT2D eigenvalue weighted by atomic mass is 32.2. The van der Waals surface area contributed by atoms with Crippen LogP contribution in [0.3, 0.4) is 0 Å². The number of rotatable bonds is 5. The fourth-order valence-electron chi connectivity index (χ4n) is 6.33. The summed E-state index contributed by atoms with van der Waals surface area (Å²) in [6, 6.07) is 5.72. The second kappa shape index (κ2) is 8.66. The van der Waals surface area contributed by atoms with Crippen LogP contribution in [-0.4, -0.2) is 42.1 Å². The Hall–Kier alpha value is -3.25. The van der Waals surface area contributed by atoms with Crippen LogP contribution in [0.2, 0.25) is 0 Å². The molecule has 0 spiro atoms. The molecule has 0 saturated heterocycles. The molecule has 2 aliphatic heterocycles. The van der Waals surface area contributed by atoms with E-state index in [0.717, 1.165) is 36.2 Å². The minimum absolute atomic E-state index is 0.0259. The van der Waals surface area contributed by atoms with Crippen LogP contribution in [0.5, 0.6) is 0 Å². The summed E-state index contributed by atoms with van der Waals surface area (Å²) in [7, 11) is -4.21. The van der Waals surface area contributed by atoms with E-state index >= 15 is 0 Å². The van der Waals surface area contributed by atoms with Gasteiger partial charge < -0.3 is 20.6 Å². The highest BCUT2D eigenvalue weighted by Gasteiger charge is 2.57. The lowest BCUT2D eigenvalue weighted by atomic mass is 9.77. The van der Waals surface area contributed by atoms with Crippen LogP contribution in [0.4, 0.5) is 9.39 Å². The average molecular weight is 545 g/mol. The van der Waals surface area contributed by atoms with Crippen LogP contribution in [0.1, 0.15) is 37.3 Å². The number of aliphatic hydroxyl groups is 1. The van der Waals surface area contributed by atoms with Gasteiger partial charge in [0, 0.05) is 37.5 Å². The molecule has 4 atom stereocenters. The molecule has 3 N–H and O–H groups in total. The number of sulfonamides is 1. The van der Waals surface area contributed by atoms with Crippen molar-refractivity contribution in [1.82, 2.24) is 10.2 Å². The van der Waals surface area contributed by atoms with E-state index in [4.69, 9.17) is 0 Å². The van der Waals surface area contributed by atoms with Gasteiger partial charge in [0.1, 0.15) is 27.0 Å². The maximum atomic E-state index is 13.9. The van der Waals surface area contributed by atoms with Crippen LogP contribution in [0.15, 0.2) is 50.3 Å². The standard InChI is InChI=1S/C25H25FN4O5S2/c1-12(31)27-9-16-11-36-24-22(16)37(34,35)29-23(28-24)19-21(32)18-14-4-5-15(8-14)20(18)30(25(19)33)10-13-2-6-17(26)7-3-13/h2-3,6-7,11,14-15,18,20,32H,4-5,8-10H2,1H3,(H,27,31)(H,28,29)/t14-,15+,18?,20?/m0/s1. The molecule has 2 aliphatic carbocycles. The van der Waals surface area contributed by atoms with E-state index in [1.54, 1.807) is 22.4 Å². The third-order valence-electron chi connectivity index (χ3n) is 7.83. The monoisotopic (exact) mass is 544 g/mol. The number of carbonyl (C=O) groups is 2. The Morgan fingerprint density at radius 3 is 2.73 bits per heavy atom. The Morgan fingerprint density at radius 1 is 1.27 bits per heavy atom. The van der Waals surface area contributed by atoms with Gasteiger partial charge in [-0.15, -0.1) is 15.7 Å². The fourth-order valence-corrected chi connectivity index (χ4v) is 8.94. The molecule has 6 rings (SSSR count). The summed E-state index contributed by atoms with van der Waals surface area (Å²) in [5.41, 5.74) is 0.998. The lowest BCUT2D eigenvalue weighted by Gasteiger charge is -2.44. The molecule has 2 fully saturated rings. The van der Waals surface area contributed by atoms with E-state index in [-0.39, 0.29) is 75.7 Å². The Morgan fingerprint density at radius 2 is 2.00 bits per heavy atom. The third-order valence-corrected chi connectivity index (χ3v) is 10.3. The van der Waals surface area contributed by atoms with Gasteiger partial charge in [0.15, 0.2) is 5.84 Å². The van der Waals surface area contributed by atoms with Gasteiger partial charge in [0.25, 0.3) is 15.9 Å². The molecule has 3 heterocycles. The van der Waals surface area contributed by atoms with Crippen LogP contribution < -0.4 is 10.6 Å². The number of hydrogen-bond acceptors (Lipinski definition) is 7. The van der Waals surface area contributed by atoms with Crippen molar-refractivity contribution in [3.63, 3.8) is 0 Å². The van der Waals surface area contributed by atoms with Crippen LogP contribution >= 0.6 is 11.3 Å². The molecule has 0 radical (unpaired) electrons. The largest absolute Gasteiger partial charge is 0.511 e. The summed E-state index contributed by atoms with van der Waals surface area (Å²) >= 11 is 1.13. The van der Waals surface area contributed by atoms with Crippen molar-refractivity contribution in [3.8, 4) is 0 Å². The number of fused-ring (bicyclic) bond motifs is 6. The molecular formula is C25H25FN4O5S2. The van der Waals surface area contributed by atoms with Gasteiger partial charge in [-0.2, -0.15) is 8.42 Å². The molecule has 2 bridgehead atoms. The Balaban J connectivity index is 1.39.